The van der Waals surface area contributed by atoms with E-state index < -0.39 is 17.0 Å². The Kier molecular flexibility index (Phi) is 4.27. The third kappa shape index (κ3) is 2.99. The van der Waals surface area contributed by atoms with E-state index in [0.717, 1.165) is 12.1 Å². The van der Waals surface area contributed by atoms with Gasteiger partial charge in [0.1, 0.15) is 17.4 Å². The summed E-state index contributed by atoms with van der Waals surface area (Å²) in [6.07, 6.45) is 0. The average Bonchev–Trinajstić information content (AvgIpc) is 2.38. The van der Waals surface area contributed by atoms with Crippen LogP contribution in [0.25, 0.3) is 0 Å². The van der Waals surface area contributed by atoms with Crippen LogP contribution in [0.5, 0.6) is 5.75 Å². The number of methoxy groups -OCH3 is 1. The summed E-state index contributed by atoms with van der Waals surface area (Å²) in [5, 5.41) is -0.397. The van der Waals surface area contributed by atoms with Crippen LogP contribution in [0.15, 0.2) is 36.4 Å². The lowest BCUT2D eigenvalue weighted by atomic mass is 10.0. The van der Waals surface area contributed by atoms with Crippen LogP contribution in [0.4, 0.5) is 8.78 Å². The molecule has 0 spiro atoms. The fourth-order valence-corrected chi connectivity index (χ4v) is 2.20. The Labute approximate surface area is 119 Å². The third-order valence-electron chi connectivity index (χ3n) is 2.70. The van der Waals surface area contributed by atoms with Gasteiger partial charge in [-0.15, -0.1) is 11.6 Å². The second-order valence-corrected chi connectivity index (χ2v) is 4.79. The summed E-state index contributed by atoms with van der Waals surface area (Å²) >= 11 is 11.9. The first kappa shape index (κ1) is 14.1. The van der Waals surface area contributed by atoms with Gasteiger partial charge in [-0.05, 0) is 17.7 Å². The minimum absolute atomic E-state index is 0.110. The van der Waals surface area contributed by atoms with Gasteiger partial charge in [0.15, 0.2) is 0 Å². The van der Waals surface area contributed by atoms with Crippen molar-refractivity contribution in [2.75, 3.05) is 7.11 Å². The van der Waals surface area contributed by atoms with E-state index in [1.54, 1.807) is 24.3 Å². The molecule has 0 N–H and O–H groups in total. The average molecular weight is 303 g/mol. The lowest BCUT2D eigenvalue weighted by Gasteiger charge is -2.13. The van der Waals surface area contributed by atoms with Crippen LogP contribution in [0.2, 0.25) is 5.02 Å². The van der Waals surface area contributed by atoms with Crippen LogP contribution in [0.3, 0.4) is 0 Å². The van der Waals surface area contributed by atoms with Gasteiger partial charge in [0.2, 0.25) is 0 Å². The fraction of sp³-hybridized carbons (Fsp3) is 0.143. The molecular weight excluding hydrogens is 293 g/mol. The minimum Gasteiger partial charge on any atom is -0.497 e. The van der Waals surface area contributed by atoms with Gasteiger partial charge in [0.25, 0.3) is 0 Å². The van der Waals surface area contributed by atoms with Gasteiger partial charge >= 0.3 is 0 Å². The molecule has 1 atom stereocenters. The molecule has 19 heavy (non-hydrogen) atoms. The highest BCUT2D eigenvalue weighted by Gasteiger charge is 2.21. The normalized spacial score (nSPS) is 12.3. The van der Waals surface area contributed by atoms with Crippen LogP contribution in [-0.2, 0) is 0 Å². The number of hydrogen-bond donors (Lipinski definition) is 0. The van der Waals surface area contributed by atoms with Gasteiger partial charge in [0, 0.05) is 22.7 Å². The highest BCUT2D eigenvalue weighted by atomic mass is 35.5. The number of ether oxygens (including phenoxy) is 1. The molecule has 1 unspecified atom stereocenters. The molecule has 2 aromatic carbocycles. The Bertz CT molecular complexity index is 561. The van der Waals surface area contributed by atoms with Crippen molar-refractivity contribution in [2.45, 2.75) is 5.38 Å². The number of rotatable bonds is 3. The Hall–Kier alpha value is -1.32. The van der Waals surface area contributed by atoms with Crippen molar-refractivity contribution < 1.29 is 13.5 Å². The Morgan fingerprint density at radius 2 is 1.58 bits per heavy atom. The van der Waals surface area contributed by atoms with Gasteiger partial charge < -0.3 is 4.74 Å². The zero-order chi connectivity index (χ0) is 14.0. The second-order valence-electron chi connectivity index (χ2n) is 3.92. The van der Waals surface area contributed by atoms with E-state index in [-0.39, 0.29) is 11.3 Å². The van der Waals surface area contributed by atoms with E-state index in [9.17, 15) is 8.78 Å². The SMILES string of the molecule is COc1cc(F)c(C(Cl)c2ccc(Cl)cc2)c(F)c1. The Morgan fingerprint density at radius 1 is 1.05 bits per heavy atom. The molecule has 0 bridgehead atoms. The molecule has 0 aliphatic rings. The first-order valence-corrected chi connectivity index (χ1v) is 6.27. The minimum atomic E-state index is -0.928. The van der Waals surface area contributed by atoms with Crippen LogP contribution in [0, 0.1) is 11.6 Å². The zero-order valence-corrected chi connectivity index (χ0v) is 11.5. The number of alkyl halides is 1. The molecule has 0 fully saturated rings. The Morgan fingerprint density at radius 3 is 2.05 bits per heavy atom. The standard InChI is InChI=1S/C14H10Cl2F2O/c1-19-10-6-11(17)13(12(18)7-10)14(16)8-2-4-9(15)5-3-8/h2-7,14H,1H3. The van der Waals surface area contributed by atoms with E-state index in [4.69, 9.17) is 27.9 Å². The number of benzene rings is 2. The predicted molar refractivity (Wildman–Crippen MR) is 72.1 cm³/mol. The van der Waals surface area contributed by atoms with Crippen molar-refractivity contribution in [1.29, 1.82) is 0 Å². The van der Waals surface area contributed by atoms with E-state index in [2.05, 4.69) is 0 Å². The van der Waals surface area contributed by atoms with Crippen LogP contribution in [0.1, 0.15) is 16.5 Å². The second kappa shape index (κ2) is 5.76. The predicted octanol–water partition coefficient (Wildman–Crippen LogP) is 4.96. The van der Waals surface area contributed by atoms with E-state index in [0.29, 0.717) is 10.6 Å². The largest absolute Gasteiger partial charge is 0.497 e. The van der Waals surface area contributed by atoms with Gasteiger partial charge in [-0.3, -0.25) is 0 Å². The van der Waals surface area contributed by atoms with Crippen molar-refractivity contribution >= 4 is 23.2 Å². The van der Waals surface area contributed by atoms with Crippen molar-refractivity contribution in [3.05, 3.63) is 64.2 Å². The molecule has 0 saturated heterocycles. The van der Waals surface area contributed by atoms with Crippen LogP contribution >= 0.6 is 23.2 Å². The fourth-order valence-electron chi connectivity index (χ4n) is 1.72. The van der Waals surface area contributed by atoms with Crippen molar-refractivity contribution in [1.82, 2.24) is 0 Å². The van der Waals surface area contributed by atoms with Gasteiger partial charge in [-0.2, -0.15) is 0 Å². The van der Waals surface area contributed by atoms with Gasteiger partial charge in [-0.25, -0.2) is 8.78 Å². The summed E-state index contributed by atoms with van der Waals surface area (Å²) in [4.78, 5) is 0. The monoisotopic (exact) mass is 302 g/mol. The molecule has 1 nitrogen and oxygen atoms in total. The lowest BCUT2D eigenvalue weighted by Crippen LogP contribution is -2.02. The van der Waals surface area contributed by atoms with Gasteiger partial charge in [-0.1, -0.05) is 23.7 Å². The topological polar surface area (TPSA) is 9.23 Å². The molecule has 0 radical (unpaired) electrons. The first-order chi connectivity index (χ1) is 9.02. The maximum atomic E-state index is 13.9. The molecule has 2 rings (SSSR count). The van der Waals surface area contributed by atoms with Crippen LogP contribution < -0.4 is 4.74 Å². The first-order valence-electron chi connectivity index (χ1n) is 5.45. The smallest absolute Gasteiger partial charge is 0.134 e. The molecule has 0 saturated carbocycles. The van der Waals surface area contributed by atoms with Crippen molar-refractivity contribution in [3.63, 3.8) is 0 Å². The molecule has 0 aliphatic carbocycles. The molecule has 0 amide bonds. The highest BCUT2D eigenvalue weighted by molar-refractivity contribution is 6.30. The molecule has 5 heteroatoms. The van der Waals surface area contributed by atoms with Crippen LogP contribution in [-0.4, -0.2) is 7.11 Å². The summed E-state index contributed by atoms with van der Waals surface area (Å²) < 4.78 is 32.6. The van der Waals surface area contributed by atoms with Gasteiger partial charge in [0.05, 0.1) is 12.5 Å². The zero-order valence-electron chi connectivity index (χ0n) is 9.96. The van der Waals surface area contributed by atoms with Crippen molar-refractivity contribution in [2.24, 2.45) is 0 Å². The summed E-state index contributed by atoms with van der Waals surface area (Å²) in [7, 11) is 1.34. The summed E-state index contributed by atoms with van der Waals surface area (Å²) in [6, 6.07) is 8.69. The van der Waals surface area contributed by atoms with Crippen molar-refractivity contribution in [3.8, 4) is 5.75 Å². The van der Waals surface area contributed by atoms with E-state index >= 15 is 0 Å². The van der Waals surface area contributed by atoms with E-state index in [1.165, 1.54) is 7.11 Å². The maximum Gasteiger partial charge on any atom is 0.134 e. The molecule has 0 aromatic heterocycles. The number of hydrogen-bond acceptors (Lipinski definition) is 1. The van der Waals surface area contributed by atoms with E-state index in [1.807, 2.05) is 0 Å². The Balaban J connectivity index is 2.44. The maximum absolute atomic E-state index is 13.9. The molecule has 2 aromatic rings. The summed E-state index contributed by atoms with van der Waals surface area (Å²) in [6.45, 7) is 0. The summed E-state index contributed by atoms with van der Waals surface area (Å²) in [5.74, 6) is -1.38. The third-order valence-corrected chi connectivity index (χ3v) is 3.43. The molecular formula is C14H10Cl2F2O. The molecule has 0 aliphatic heterocycles. The highest BCUT2D eigenvalue weighted by Crippen LogP contribution is 2.34. The molecule has 0 heterocycles. The number of halogens is 4. The lowest BCUT2D eigenvalue weighted by molar-refractivity contribution is 0.405. The molecule has 100 valence electrons. The quantitative estimate of drug-likeness (QED) is 0.729. The summed E-state index contributed by atoms with van der Waals surface area (Å²) in [5.41, 5.74) is 0.360.